The molecule has 2 aromatic heterocycles. The second kappa shape index (κ2) is 14.4. The summed E-state index contributed by atoms with van der Waals surface area (Å²) >= 11 is 12.4. The van der Waals surface area contributed by atoms with Gasteiger partial charge in [0.15, 0.2) is 0 Å². The summed E-state index contributed by atoms with van der Waals surface area (Å²) in [6.07, 6.45) is 14.9. The normalized spacial score (nSPS) is 18.9. The Bertz CT molecular complexity index is 1710. The van der Waals surface area contributed by atoms with Gasteiger partial charge in [0.1, 0.15) is 0 Å². The maximum Gasteiger partial charge on any atom is 0.0739 e. The van der Waals surface area contributed by atoms with Gasteiger partial charge in [-0.25, -0.2) is 0 Å². The molecule has 2 aliphatic heterocycles. The van der Waals surface area contributed by atoms with Crippen molar-refractivity contribution in [2.24, 2.45) is 5.92 Å². The molecule has 45 heavy (non-hydrogen) atoms. The second-order valence-corrected chi connectivity index (χ2v) is 13.1. The molecular formula is C39H42Cl2N4. The minimum atomic E-state index is 0. The van der Waals surface area contributed by atoms with Crippen molar-refractivity contribution in [3.63, 3.8) is 0 Å². The number of nitrogens with zero attached hydrogens (tertiary/aromatic N) is 2. The molecule has 4 aromatic rings. The van der Waals surface area contributed by atoms with Crippen LogP contribution in [-0.4, -0.2) is 36.1 Å². The number of hydrogen-bond acceptors (Lipinski definition) is 4. The highest BCUT2D eigenvalue weighted by Gasteiger charge is 2.31. The molecule has 0 bridgehead atoms. The predicted octanol–water partition coefficient (Wildman–Crippen LogP) is 9.01. The van der Waals surface area contributed by atoms with Crippen LogP contribution in [0.4, 0.5) is 0 Å². The van der Waals surface area contributed by atoms with Crippen LogP contribution in [-0.2, 0) is 12.8 Å². The molecule has 8 rings (SSSR count). The van der Waals surface area contributed by atoms with Gasteiger partial charge in [-0.1, -0.05) is 72.6 Å². The van der Waals surface area contributed by atoms with Crippen molar-refractivity contribution in [2.45, 2.75) is 51.9 Å². The molecule has 4 heterocycles. The van der Waals surface area contributed by atoms with Gasteiger partial charge in [-0.05, 0) is 140 Å². The molecule has 1 unspecified atom stereocenters. The average Bonchev–Trinajstić information content (AvgIpc) is 3.33. The van der Waals surface area contributed by atoms with Gasteiger partial charge in [0, 0.05) is 33.9 Å². The number of pyridine rings is 2. The first-order valence-corrected chi connectivity index (χ1v) is 16.7. The van der Waals surface area contributed by atoms with E-state index in [2.05, 4.69) is 59.2 Å². The molecule has 232 valence electrons. The van der Waals surface area contributed by atoms with Crippen LogP contribution in [0.25, 0.3) is 17.7 Å². The van der Waals surface area contributed by atoms with E-state index in [1.165, 1.54) is 68.8 Å². The molecule has 2 fully saturated rings. The van der Waals surface area contributed by atoms with Crippen molar-refractivity contribution in [3.05, 3.63) is 133 Å². The van der Waals surface area contributed by atoms with Gasteiger partial charge in [-0.2, -0.15) is 0 Å². The lowest BCUT2D eigenvalue weighted by Gasteiger charge is -2.31. The molecule has 2 saturated heterocycles. The van der Waals surface area contributed by atoms with E-state index in [1.807, 2.05) is 36.7 Å². The molecule has 6 heteroatoms. The third kappa shape index (κ3) is 6.80. The summed E-state index contributed by atoms with van der Waals surface area (Å²) in [6, 6.07) is 21.1. The number of nitrogens with one attached hydrogen (secondary N) is 2. The van der Waals surface area contributed by atoms with Crippen LogP contribution in [0, 0.1) is 5.92 Å². The Balaban J connectivity index is 0.000000155. The Hall–Kier alpha value is -3.28. The molecule has 0 spiro atoms. The van der Waals surface area contributed by atoms with Crippen molar-refractivity contribution in [1.82, 2.24) is 20.6 Å². The van der Waals surface area contributed by atoms with Crippen molar-refractivity contribution in [1.29, 1.82) is 0 Å². The first-order valence-electron chi connectivity index (χ1n) is 15.9. The monoisotopic (exact) mass is 636 g/mol. The zero-order valence-corrected chi connectivity index (χ0v) is 26.5. The Morgan fingerprint density at radius 3 is 2.20 bits per heavy atom. The molecule has 2 aliphatic carbocycles. The van der Waals surface area contributed by atoms with Crippen LogP contribution in [0.5, 0.6) is 0 Å². The number of rotatable bonds is 1. The van der Waals surface area contributed by atoms with Gasteiger partial charge in [0.25, 0.3) is 0 Å². The Morgan fingerprint density at radius 2 is 1.36 bits per heavy atom. The number of aromatic nitrogens is 2. The molecule has 4 aliphatic rings. The zero-order valence-electron chi connectivity index (χ0n) is 25.0. The van der Waals surface area contributed by atoms with Crippen LogP contribution in [0.2, 0.25) is 10.0 Å². The number of benzene rings is 2. The van der Waals surface area contributed by atoms with Crippen LogP contribution < -0.4 is 10.6 Å². The SMILES string of the molecule is C.Clc1ccc2c(c1)C=Cc1cccnc1C2C1CCNCC1.Clc1ccc2c(c1)CCc1cccnc1C2=C1CCNCC1. The lowest BCUT2D eigenvalue weighted by Crippen LogP contribution is -2.31. The third-order valence-electron chi connectivity index (χ3n) is 9.54. The number of halogens is 2. The number of aryl methyl sites for hydroxylation is 2. The lowest BCUT2D eigenvalue weighted by molar-refractivity contribution is 0.339. The summed E-state index contributed by atoms with van der Waals surface area (Å²) in [5.41, 5.74) is 13.2. The number of hydrogen-bond donors (Lipinski definition) is 2. The molecule has 0 saturated carbocycles. The fourth-order valence-corrected chi connectivity index (χ4v) is 7.77. The first-order chi connectivity index (χ1) is 21.7. The van der Waals surface area contributed by atoms with Crippen LogP contribution in [0.15, 0.2) is 78.6 Å². The fraction of sp³-hybridized carbons (Fsp3) is 0.333. The average molecular weight is 638 g/mol. The summed E-state index contributed by atoms with van der Waals surface area (Å²) in [4.78, 5) is 9.50. The molecule has 4 nitrogen and oxygen atoms in total. The van der Waals surface area contributed by atoms with E-state index in [4.69, 9.17) is 33.2 Å². The zero-order chi connectivity index (χ0) is 29.9. The van der Waals surface area contributed by atoms with E-state index in [1.54, 1.807) is 0 Å². The van der Waals surface area contributed by atoms with E-state index >= 15 is 0 Å². The summed E-state index contributed by atoms with van der Waals surface area (Å²) < 4.78 is 0. The molecule has 2 N–H and O–H groups in total. The maximum atomic E-state index is 6.23. The minimum absolute atomic E-state index is 0. The maximum absolute atomic E-state index is 6.23. The Morgan fingerprint density at radius 1 is 0.667 bits per heavy atom. The van der Waals surface area contributed by atoms with Crippen molar-refractivity contribution in [2.75, 3.05) is 26.2 Å². The van der Waals surface area contributed by atoms with Gasteiger partial charge in [-0.15, -0.1) is 0 Å². The number of fused-ring (bicyclic) bond motifs is 4. The molecule has 2 aromatic carbocycles. The van der Waals surface area contributed by atoms with Gasteiger partial charge in [0.05, 0.1) is 11.4 Å². The topological polar surface area (TPSA) is 49.8 Å². The smallest absolute Gasteiger partial charge is 0.0739 e. The molecule has 1 atom stereocenters. The fourth-order valence-electron chi connectivity index (χ4n) is 7.40. The van der Waals surface area contributed by atoms with Crippen molar-refractivity contribution < 1.29 is 0 Å². The van der Waals surface area contributed by atoms with Crippen LogP contribution in [0.1, 0.15) is 83.8 Å². The summed E-state index contributed by atoms with van der Waals surface area (Å²) in [5, 5.41) is 8.54. The van der Waals surface area contributed by atoms with Gasteiger partial charge in [-0.3, -0.25) is 9.97 Å². The summed E-state index contributed by atoms with van der Waals surface area (Å²) in [7, 11) is 0. The van der Waals surface area contributed by atoms with E-state index in [0.717, 1.165) is 61.9 Å². The lowest BCUT2D eigenvalue weighted by atomic mass is 9.76. The second-order valence-electron chi connectivity index (χ2n) is 12.2. The summed E-state index contributed by atoms with van der Waals surface area (Å²) in [6.45, 7) is 4.31. The van der Waals surface area contributed by atoms with Crippen LogP contribution in [0.3, 0.4) is 0 Å². The van der Waals surface area contributed by atoms with Crippen LogP contribution >= 0.6 is 23.2 Å². The van der Waals surface area contributed by atoms with E-state index in [9.17, 15) is 0 Å². The summed E-state index contributed by atoms with van der Waals surface area (Å²) in [5.74, 6) is 0.996. The Kier molecular flexibility index (Phi) is 10.2. The van der Waals surface area contributed by atoms with Gasteiger partial charge in [0.2, 0.25) is 0 Å². The third-order valence-corrected chi connectivity index (χ3v) is 10.0. The minimum Gasteiger partial charge on any atom is -0.317 e. The van der Waals surface area contributed by atoms with Gasteiger partial charge < -0.3 is 10.6 Å². The standard InChI is InChI=1S/2C19H19ClN2.CH4/c2*20-16-5-6-17-15(12-16)4-3-14-2-1-9-22-19(14)18(17)13-7-10-21-11-8-13;/h1-2,5-6,9,12,21H,3-4,7-8,10-11H2;1-6,9,12-13,18,21H,7-8,10-11H2;1H4. The van der Waals surface area contributed by atoms with Crippen molar-refractivity contribution in [3.8, 4) is 0 Å². The molecule has 0 amide bonds. The largest absolute Gasteiger partial charge is 0.317 e. The molecular weight excluding hydrogens is 595 g/mol. The van der Waals surface area contributed by atoms with E-state index < -0.39 is 0 Å². The first kappa shape index (κ1) is 31.7. The van der Waals surface area contributed by atoms with E-state index in [-0.39, 0.29) is 7.43 Å². The predicted molar refractivity (Wildman–Crippen MR) is 190 cm³/mol. The van der Waals surface area contributed by atoms with E-state index in [0.29, 0.717) is 11.8 Å². The van der Waals surface area contributed by atoms with Gasteiger partial charge >= 0.3 is 0 Å². The highest BCUT2D eigenvalue weighted by atomic mass is 35.5. The quantitative estimate of drug-likeness (QED) is 0.219. The highest BCUT2D eigenvalue weighted by molar-refractivity contribution is 6.31. The van der Waals surface area contributed by atoms with Crippen molar-refractivity contribution >= 4 is 40.9 Å². The molecule has 0 radical (unpaired) electrons. The number of piperidine rings is 2. The Labute approximate surface area is 278 Å². The highest BCUT2D eigenvalue weighted by Crippen LogP contribution is 2.42.